The first-order chi connectivity index (χ1) is 7.60. The molecule has 0 bridgehead atoms. The van der Waals surface area contributed by atoms with Crippen LogP contribution in [0.25, 0.3) is 0 Å². The molecule has 0 aliphatic rings. The second-order valence-corrected chi connectivity index (χ2v) is 3.81. The van der Waals surface area contributed by atoms with Crippen molar-refractivity contribution in [3.05, 3.63) is 27.7 Å². The van der Waals surface area contributed by atoms with E-state index in [1.807, 2.05) is 6.07 Å². The Hall–Kier alpha value is -1.54. The number of hydrogen-bond acceptors (Lipinski definition) is 4. The fourth-order valence-electron chi connectivity index (χ4n) is 1.22. The monoisotopic (exact) mass is 283 g/mol. The maximum absolute atomic E-state index is 11.3. The van der Waals surface area contributed by atoms with Crippen molar-refractivity contribution >= 4 is 21.9 Å². The fourth-order valence-corrected chi connectivity index (χ4v) is 1.79. The van der Waals surface area contributed by atoms with E-state index >= 15 is 0 Å². The lowest BCUT2D eigenvalue weighted by Crippen LogP contribution is -2.08. The van der Waals surface area contributed by atoms with Crippen molar-refractivity contribution in [2.45, 2.75) is 13.3 Å². The molecule has 0 aliphatic carbocycles. The molecule has 0 saturated carbocycles. The summed E-state index contributed by atoms with van der Waals surface area (Å²) in [6.45, 7) is 1.99. The van der Waals surface area contributed by atoms with Crippen LogP contribution in [-0.2, 0) is 16.0 Å². The quantitative estimate of drug-likeness (QED) is 0.863. The first-order valence-corrected chi connectivity index (χ1v) is 5.45. The van der Waals surface area contributed by atoms with Gasteiger partial charge in [0.2, 0.25) is 0 Å². The van der Waals surface area contributed by atoms with Gasteiger partial charge in [0, 0.05) is 10.0 Å². The Morgan fingerprint density at radius 1 is 1.62 bits per heavy atom. The number of benzene rings is 1. The maximum atomic E-state index is 11.3. The minimum Gasteiger partial charge on any atom is -0.508 e. The van der Waals surface area contributed by atoms with Gasteiger partial charge in [0.05, 0.1) is 18.6 Å². The summed E-state index contributed by atoms with van der Waals surface area (Å²) >= 11 is 3.18. The van der Waals surface area contributed by atoms with E-state index in [1.54, 1.807) is 6.92 Å². The number of halogens is 1. The molecule has 0 spiro atoms. The molecule has 5 heteroatoms. The average molecular weight is 284 g/mol. The first-order valence-electron chi connectivity index (χ1n) is 4.66. The van der Waals surface area contributed by atoms with Gasteiger partial charge in [-0.05, 0) is 35.0 Å². The predicted molar refractivity (Wildman–Crippen MR) is 60.9 cm³/mol. The van der Waals surface area contributed by atoms with E-state index in [-0.39, 0.29) is 18.8 Å². The van der Waals surface area contributed by atoms with Gasteiger partial charge < -0.3 is 9.84 Å². The smallest absolute Gasteiger partial charge is 0.310 e. The molecule has 1 aromatic rings. The number of ether oxygens (including phenoxy) is 1. The van der Waals surface area contributed by atoms with Gasteiger partial charge >= 0.3 is 5.97 Å². The van der Waals surface area contributed by atoms with Crippen LogP contribution in [0.15, 0.2) is 16.6 Å². The normalized spacial score (nSPS) is 9.56. The number of nitriles is 1. The average Bonchev–Trinajstić information content (AvgIpc) is 2.25. The summed E-state index contributed by atoms with van der Waals surface area (Å²) in [5.74, 6) is -0.465. The van der Waals surface area contributed by atoms with E-state index in [4.69, 9.17) is 10.00 Å². The van der Waals surface area contributed by atoms with Crippen LogP contribution < -0.4 is 0 Å². The molecule has 0 aliphatic heterocycles. The molecule has 0 amide bonds. The maximum Gasteiger partial charge on any atom is 0.310 e. The number of phenols is 1. The summed E-state index contributed by atoms with van der Waals surface area (Å²) < 4.78 is 5.21. The Morgan fingerprint density at radius 3 is 2.88 bits per heavy atom. The lowest BCUT2D eigenvalue weighted by atomic mass is 10.1. The zero-order valence-corrected chi connectivity index (χ0v) is 10.2. The predicted octanol–water partition coefficient (Wildman–Crippen LogP) is 2.13. The molecular formula is C11H10BrNO3. The molecule has 1 rings (SSSR count). The van der Waals surface area contributed by atoms with Gasteiger partial charge in [-0.3, -0.25) is 4.79 Å². The Balaban J connectivity index is 3.04. The van der Waals surface area contributed by atoms with Crippen LogP contribution in [0.3, 0.4) is 0 Å². The minimum absolute atomic E-state index is 0.0288. The van der Waals surface area contributed by atoms with Crippen LogP contribution in [0.1, 0.15) is 18.1 Å². The summed E-state index contributed by atoms with van der Waals surface area (Å²) in [4.78, 5) is 11.3. The third-order valence-electron chi connectivity index (χ3n) is 1.97. The highest BCUT2D eigenvalue weighted by Gasteiger charge is 2.14. The van der Waals surface area contributed by atoms with Crippen molar-refractivity contribution in [1.29, 1.82) is 5.26 Å². The number of nitrogens with zero attached hydrogens (tertiary/aromatic N) is 1. The lowest BCUT2D eigenvalue weighted by molar-refractivity contribution is -0.142. The van der Waals surface area contributed by atoms with E-state index in [2.05, 4.69) is 15.9 Å². The molecule has 0 atom stereocenters. The van der Waals surface area contributed by atoms with E-state index in [0.29, 0.717) is 15.6 Å². The molecule has 1 N–H and O–H groups in total. The summed E-state index contributed by atoms with van der Waals surface area (Å²) in [6, 6.07) is 4.83. The Kier molecular flexibility index (Phi) is 4.32. The summed E-state index contributed by atoms with van der Waals surface area (Å²) in [6.07, 6.45) is -0.0597. The van der Waals surface area contributed by atoms with Crippen LogP contribution in [0.5, 0.6) is 5.75 Å². The van der Waals surface area contributed by atoms with Crippen molar-refractivity contribution < 1.29 is 14.6 Å². The zero-order valence-electron chi connectivity index (χ0n) is 8.66. The SMILES string of the molecule is CCOC(=O)Cc1c(O)ccc(C#N)c1Br. The molecular weight excluding hydrogens is 274 g/mol. The van der Waals surface area contributed by atoms with Crippen molar-refractivity contribution in [1.82, 2.24) is 0 Å². The van der Waals surface area contributed by atoms with Gasteiger partial charge in [0.25, 0.3) is 0 Å². The summed E-state index contributed by atoms with van der Waals surface area (Å²) in [7, 11) is 0. The van der Waals surface area contributed by atoms with Gasteiger partial charge in [-0.15, -0.1) is 0 Å². The molecule has 0 aromatic heterocycles. The van der Waals surface area contributed by atoms with Crippen LogP contribution in [0, 0.1) is 11.3 Å². The molecule has 1 aromatic carbocycles. The van der Waals surface area contributed by atoms with Crippen molar-refractivity contribution in [3.8, 4) is 11.8 Å². The van der Waals surface area contributed by atoms with Crippen LogP contribution >= 0.6 is 15.9 Å². The van der Waals surface area contributed by atoms with Gasteiger partial charge in [-0.25, -0.2) is 0 Å². The second kappa shape index (κ2) is 5.52. The summed E-state index contributed by atoms with van der Waals surface area (Å²) in [5, 5.41) is 18.4. The number of carbonyl (C=O) groups is 1. The minimum atomic E-state index is -0.436. The molecule has 0 saturated heterocycles. The summed E-state index contributed by atoms with van der Waals surface area (Å²) in [5.41, 5.74) is 0.745. The second-order valence-electron chi connectivity index (χ2n) is 3.02. The number of aromatic hydroxyl groups is 1. The van der Waals surface area contributed by atoms with Gasteiger partial charge in [0.15, 0.2) is 0 Å². The lowest BCUT2D eigenvalue weighted by Gasteiger charge is -2.07. The molecule has 0 fully saturated rings. The number of hydrogen-bond donors (Lipinski definition) is 1. The molecule has 4 nitrogen and oxygen atoms in total. The third kappa shape index (κ3) is 2.74. The number of esters is 1. The highest BCUT2D eigenvalue weighted by Crippen LogP contribution is 2.29. The van der Waals surface area contributed by atoms with E-state index in [0.717, 1.165) is 0 Å². The van der Waals surface area contributed by atoms with Gasteiger partial charge in [0.1, 0.15) is 11.8 Å². The van der Waals surface area contributed by atoms with E-state index in [9.17, 15) is 9.90 Å². The molecule has 0 radical (unpaired) electrons. The zero-order chi connectivity index (χ0) is 12.1. The van der Waals surface area contributed by atoms with Crippen molar-refractivity contribution in [3.63, 3.8) is 0 Å². The topological polar surface area (TPSA) is 70.3 Å². The molecule has 0 heterocycles. The largest absolute Gasteiger partial charge is 0.508 e. The fraction of sp³-hybridized carbons (Fsp3) is 0.273. The highest BCUT2D eigenvalue weighted by molar-refractivity contribution is 9.10. The molecule has 16 heavy (non-hydrogen) atoms. The van der Waals surface area contributed by atoms with Crippen LogP contribution in [0.4, 0.5) is 0 Å². The molecule has 84 valence electrons. The Labute approximate surface area is 102 Å². The van der Waals surface area contributed by atoms with Crippen LogP contribution in [-0.4, -0.2) is 17.7 Å². The van der Waals surface area contributed by atoms with Gasteiger partial charge in [-0.1, -0.05) is 0 Å². The Morgan fingerprint density at radius 2 is 2.31 bits per heavy atom. The first kappa shape index (κ1) is 12.5. The van der Waals surface area contributed by atoms with Gasteiger partial charge in [-0.2, -0.15) is 5.26 Å². The van der Waals surface area contributed by atoms with E-state index < -0.39 is 5.97 Å². The number of carbonyl (C=O) groups excluding carboxylic acids is 1. The van der Waals surface area contributed by atoms with Crippen LogP contribution in [0.2, 0.25) is 0 Å². The third-order valence-corrected chi connectivity index (χ3v) is 2.87. The van der Waals surface area contributed by atoms with Crippen molar-refractivity contribution in [2.24, 2.45) is 0 Å². The van der Waals surface area contributed by atoms with E-state index in [1.165, 1.54) is 12.1 Å². The molecule has 0 unspecified atom stereocenters. The van der Waals surface area contributed by atoms with Crippen molar-refractivity contribution in [2.75, 3.05) is 6.61 Å². The number of rotatable bonds is 3. The Bertz CT molecular complexity index is 451. The standard InChI is InChI=1S/C11H10BrNO3/c1-2-16-10(15)5-8-9(14)4-3-7(6-13)11(8)12/h3-4,14H,2,5H2,1H3. The number of phenolic OH excluding ortho intramolecular Hbond substituents is 1. The highest BCUT2D eigenvalue weighted by atomic mass is 79.9.